The van der Waals surface area contributed by atoms with Gasteiger partial charge in [0.05, 0.1) is 18.2 Å². The fraction of sp³-hybridized carbons (Fsp3) is 0.273. The van der Waals surface area contributed by atoms with Crippen LogP contribution < -0.4 is 10.4 Å². The topological polar surface area (TPSA) is 69.0 Å². The predicted molar refractivity (Wildman–Crippen MR) is 110 cm³/mol. The second-order valence-corrected chi connectivity index (χ2v) is 7.37. The number of nitrogens with zero attached hydrogens (tertiary/aromatic N) is 1. The van der Waals surface area contributed by atoms with Crippen LogP contribution in [0.2, 0.25) is 5.02 Å². The second kappa shape index (κ2) is 8.45. The molecule has 1 saturated heterocycles. The van der Waals surface area contributed by atoms with Crippen molar-refractivity contribution in [3.05, 3.63) is 63.7 Å². The minimum Gasteiger partial charge on any atom is -0.481 e. The maximum Gasteiger partial charge on any atom is 0.336 e. The zero-order valence-corrected chi connectivity index (χ0v) is 16.9. The standard InChI is InChI=1S/C22H19ClFNO5/c1-13(22(27)25-6-8-28-9-7-25)29-15-3-5-17-18(12-21(26)30-20(17)11-15)16-4-2-14(24)10-19(16)23/h2-5,10-13H,6-9H2,1H3/t13-/m1/s1. The van der Waals surface area contributed by atoms with E-state index in [1.807, 2.05) is 0 Å². The first kappa shape index (κ1) is 20.4. The van der Waals surface area contributed by atoms with Gasteiger partial charge in [0.2, 0.25) is 0 Å². The smallest absolute Gasteiger partial charge is 0.336 e. The van der Waals surface area contributed by atoms with Gasteiger partial charge in [-0.3, -0.25) is 4.79 Å². The molecule has 1 aromatic heterocycles. The zero-order valence-electron chi connectivity index (χ0n) is 16.2. The number of hydrogen-bond donors (Lipinski definition) is 0. The Kier molecular flexibility index (Phi) is 5.74. The van der Waals surface area contributed by atoms with Crippen molar-refractivity contribution < 1.29 is 23.1 Å². The van der Waals surface area contributed by atoms with E-state index in [1.54, 1.807) is 30.0 Å². The Hall–Kier alpha value is -2.90. The molecular formula is C22H19ClFNO5. The molecule has 1 amide bonds. The summed E-state index contributed by atoms with van der Waals surface area (Å²) in [5.74, 6) is -0.209. The van der Waals surface area contributed by atoms with Crippen molar-refractivity contribution in [2.75, 3.05) is 26.3 Å². The van der Waals surface area contributed by atoms with Crippen molar-refractivity contribution in [1.82, 2.24) is 4.90 Å². The number of carbonyl (C=O) groups excluding carboxylic acids is 1. The number of morpholine rings is 1. The van der Waals surface area contributed by atoms with Crippen LogP contribution in [0.5, 0.6) is 5.75 Å². The number of fused-ring (bicyclic) bond motifs is 1. The highest BCUT2D eigenvalue weighted by Crippen LogP contribution is 2.34. The third kappa shape index (κ3) is 4.17. The Bertz CT molecular complexity index is 1160. The fourth-order valence-electron chi connectivity index (χ4n) is 3.44. The van der Waals surface area contributed by atoms with Crippen LogP contribution in [0.1, 0.15) is 6.92 Å². The van der Waals surface area contributed by atoms with Crippen molar-refractivity contribution in [3.8, 4) is 16.9 Å². The van der Waals surface area contributed by atoms with E-state index < -0.39 is 17.5 Å². The number of rotatable bonds is 4. The van der Waals surface area contributed by atoms with Gasteiger partial charge in [-0.25, -0.2) is 9.18 Å². The second-order valence-electron chi connectivity index (χ2n) is 6.96. The molecule has 0 bridgehead atoms. The first-order chi connectivity index (χ1) is 14.4. The molecular weight excluding hydrogens is 413 g/mol. The van der Waals surface area contributed by atoms with Crippen LogP contribution in [0.15, 0.2) is 51.7 Å². The van der Waals surface area contributed by atoms with Crippen molar-refractivity contribution in [1.29, 1.82) is 0 Å². The molecule has 156 valence electrons. The average molecular weight is 432 g/mol. The van der Waals surface area contributed by atoms with E-state index in [1.165, 1.54) is 24.3 Å². The van der Waals surface area contributed by atoms with Crippen LogP contribution in [-0.2, 0) is 9.53 Å². The lowest BCUT2D eigenvalue weighted by molar-refractivity contribution is -0.142. The van der Waals surface area contributed by atoms with Crippen LogP contribution in [0, 0.1) is 5.82 Å². The normalized spacial score (nSPS) is 15.2. The van der Waals surface area contributed by atoms with Crippen molar-refractivity contribution in [3.63, 3.8) is 0 Å². The highest BCUT2D eigenvalue weighted by Gasteiger charge is 2.24. The highest BCUT2D eigenvalue weighted by molar-refractivity contribution is 6.33. The average Bonchev–Trinajstić information content (AvgIpc) is 2.73. The number of carbonyl (C=O) groups is 1. The molecule has 30 heavy (non-hydrogen) atoms. The summed E-state index contributed by atoms with van der Waals surface area (Å²) in [6.45, 7) is 3.75. The molecule has 1 fully saturated rings. The van der Waals surface area contributed by atoms with E-state index in [9.17, 15) is 14.0 Å². The lowest BCUT2D eigenvalue weighted by Crippen LogP contribution is -2.46. The van der Waals surface area contributed by atoms with Gasteiger partial charge in [0, 0.05) is 41.7 Å². The first-order valence-corrected chi connectivity index (χ1v) is 9.87. The van der Waals surface area contributed by atoms with Gasteiger partial charge in [0.15, 0.2) is 6.10 Å². The Morgan fingerprint density at radius 1 is 1.13 bits per heavy atom. The summed E-state index contributed by atoms with van der Waals surface area (Å²) in [4.78, 5) is 26.4. The molecule has 1 aliphatic rings. The van der Waals surface area contributed by atoms with Gasteiger partial charge >= 0.3 is 5.63 Å². The number of halogens is 2. The largest absolute Gasteiger partial charge is 0.481 e. The molecule has 4 rings (SSSR count). The predicted octanol–water partition coefficient (Wildman–Crippen LogP) is 3.88. The van der Waals surface area contributed by atoms with Gasteiger partial charge in [0.25, 0.3) is 5.91 Å². The van der Waals surface area contributed by atoms with Gasteiger partial charge in [0.1, 0.15) is 17.1 Å². The summed E-state index contributed by atoms with van der Waals surface area (Å²) < 4.78 is 29.8. The Balaban J connectivity index is 1.64. The summed E-state index contributed by atoms with van der Waals surface area (Å²) in [7, 11) is 0. The summed E-state index contributed by atoms with van der Waals surface area (Å²) in [6, 6.07) is 10.2. The van der Waals surface area contributed by atoms with E-state index in [0.29, 0.717) is 48.6 Å². The molecule has 8 heteroatoms. The molecule has 0 radical (unpaired) electrons. The molecule has 1 aliphatic heterocycles. The van der Waals surface area contributed by atoms with Gasteiger partial charge in [-0.15, -0.1) is 0 Å². The molecule has 0 unspecified atom stereocenters. The lowest BCUT2D eigenvalue weighted by atomic mass is 10.0. The van der Waals surface area contributed by atoms with Crippen LogP contribution in [0.25, 0.3) is 22.1 Å². The molecule has 1 atom stereocenters. The number of hydrogen-bond acceptors (Lipinski definition) is 5. The van der Waals surface area contributed by atoms with Gasteiger partial charge in [-0.05, 0) is 37.3 Å². The van der Waals surface area contributed by atoms with Crippen LogP contribution in [0.3, 0.4) is 0 Å². The summed E-state index contributed by atoms with van der Waals surface area (Å²) in [5.41, 5.74) is 0.740. The van der Waals surface area contributed by atoms with Crippen LogP contribution >= 0.6 is 11.6 Å². The van der Waals surface area contributed by atoms with E-state index in [0.717, 1.165) is 0 Å². The lowest BCUT2D eigenvalue weighted by Gasteiger charge is -2.29. The quantitative estimate of drug-likeness (QED) is 0.586. The van der Waals surface area contributed by atoms with Gasteiger partial charge in [-0.1, -0.05) is 11.6 Å². The monoisotopic (exact) mass is 431 g/mol. The maximum absolute atomic E-state index is 13.4. The van der Waals surface area contributed by atoms with E-state index in [4.69, 9.17) is 25.5 Å². The molecule has 2 heterocycles. The molecule has 0 aliphatic carbocycles. The minimum absolute atomic E-state index is 0.133. The third-order valence-corrected chi connectivity index (χ3v) is 5.23. The van der Waals surface area contributed by atoms with Gasteiger partial charge in [-0.2, -0.15) is 0 Å². The minimum atomic E-state index is -0.706. The summed E-state index contributed by atoms with van der Waals surface area (Å²) in [6.07, 6.45) is -0.706. The fourth-order valence-corrected chi connectivity index (χ4v) is 3.71. The Morgan fingerprint density at radius 3 is 2.63 bits per heavy atom. The SMILES string of the molecule is C[C@@H](Oc1ccc2c(-c3ccc(F)cc3Cl)cc(=O)oc2c1)C(=O)N1CCOCC1. The highest BCUT2D eigenvalue weighted by atomic mass is 35.5. The first-order valence-electron chi connectivity index (χ1n) is 9.49. The molecule has 0 N–H and O–H groups in total. The number of amides is 1. The van der Waals surface area contributed by atoms with Crippen molar-refractivity contribution >= 4 is 28.5 Å². The molecule has 3 aromatic rings. The summed E-state index contributed by atoms with van der Waals surface area (Å²) in [5, 5.41) is 0.801. The summed E-state index contributed by atoms with van der Waals surface area (Å²) >= 11 is 6.18. The molecule has 6 nitrogen and oxygen atoms in total. The molecule has 0 spiro atoms. The van der Waals surface area contributed by atoms with Crippen molar-refractivity contribution in [2.24, 2.45) is 0 Å². The van der Waals surface area contributed by atoms with Crippen LogP contribution in [-0.4, -0.2) is 43.2 Å². The Labute approximate surface area is 176 Å². The van der Waals surface area contributed by atoms with Gasteiger partial charge < -0.3 is 18.8 Å². The van der Waals surface area contributed by atoms with E-state index >= 15 is 0 Å². The number of ether oxygens (including phenoxy) is 2. The number of benzene rings is 2. The third-order valence-electron chi connectivity index (χ3n) is 4.92. The zero-order chi connectivity index (χ0) is 21.3. The van der Waals surface area contributed by atoms with Crippen LogP contribution in [0.4, 0.5) is 4.39 Å². The maximum atomic E-state index is 13.4. The Morgan fingerprint density at radius 2 is 1.90 bits per heavy atom. The molecule has 0 saturated carbocycles. The van der Waals surface area contributed by atoms with E-state index in [2.05, 4.69) is 0 Å². The van der Waals surface area contributed by atoms with E-state index in [-0.39, 0.29) is 16.5 Å². The molecule has 2 aromatic carbocycles. The van der Waals surface area contributed by atoms with Crippen molar-refractivity contribution in [2.45, 2.75) is 13.0 Å².